The van der Waals surface area contributed by atoms with Gasteiger partial charge in [-0.2, -0.15) is 0 Å². The SMILES string of the molecule is C=C1CC=C(c2nccs2)C(C)(C)C1. The summed E-state index contributed by atoms with van der Waals surface area (Å²) in [5.74, 6) is 0. The Kier molecular flexibility index (Phi) is 2.31. The Morgan fingerprint density at radius 2 is 2.29 bits per heavy atom. The number of nitrogens with zero attached hydrogens (tertiary/aromatic N) is 1. The van der Waals surface area contributed by atoms with Gasteiger partial charge in [0.15, 0.2) is 0 Å². The summed E-state index contributed by atoms with van der Waals surface area (Å²) in [4.78, 5) is 4.38. The van der Waals surface area contributed by atoms with Gasteiger partial charge in [0.1, 0.15) is 5.01 Å². The van der Waals surface area contributed by atoms with Crippen LogP contribution in [0.3, 0.4) is 0 Å². The van der Waals surface area contributed by atoms with Gasteiger partial charge in [0.05, 0.1) is 0 Å². The van der Waals surface area contributed by atoms with Crippen LogP contribution in [0.15, 0.2) is 29.8 Å². The molecule has 74 valence electrons. The van der Waals surface area contributed by atoms with Crippen molar-refractivity contribution in [2.45, 2.75) is 26.7 Å². The van der Waals surface area contributed by atoms with Gasteiger partial charge < -0.3 is 0 Å². The molecular formula is C12H15NS. The Hall–Kier alpha value is -0.890. The predicted octanol–water partition coefficient (Wildman–Crippen LogP) is 3.90. The van der Waals surface area contributed by atoms with Crippen molar-refractivity contribution in [3.63, 3.8) is 0 Å². The van der Waals surface area contributed by atoms with Gasteiger partial charge in [-0.3, -0.25) is 0 Å². The fraction of sp³-hybridized carbons (Fsp3) is 0.417. The molecular weight excluding hydrogens is 190 g/mol. The molecule has 0 N–H and O–H groups in total. The Morgan fingerprint density at radius 1 is 1.50 bits per heavy atom. The van der Waals surface area contributed by atoms with E-state index in [9.17, 15) is 0 Å². The molecule has 1 aliphatic carbocycles. The first-order valence-corrected chi connectivity index (χ1v) is 5.75. The van der Waals surface area contributed by atoms with Gasteiger partial charge >= 0.3 is 0 Å². The lowest BCUT2D eigenvalue weighted by Gasteiger charge is -2.31. The molecule has 0 spiro atoms. The molecule has 1 aromatic heterocycles. The predicted molar refractivity (Wildman–Crippen MR) is 62.2 cm³/mol. The van der Waals surface area contributed by atoms with Crippen molar-refractivity contribution in [3.05, 3.63) is 34.8 Å². The molecule has 1 nitrogen and oxygen atoms in total. The van der Waals surface area contributed by atoms with E-state index in [2.05, 4.69) is 31.5 Å². The van der Waals surface area contributed by atoms with E-state index in [4.69, 9.17) is 0 Å². The maximum atomic E-state index is 4.38. The highest BCUT2D eigenvalue weighted by Gasteiger charge is 2.29. The second-order valence-corrected chi connectivity index (χ2v) is 5.36. The fourth-order valence-electron chi connectivity index (χ4n) is 2.05. The minimum atomic E-state index is 0.202. The maximum absolute atomic E-state index is 4.38. The van der Waals surface area contributed by atoms with E-state index in [-0.39, 0.29) is 5.41 Å². The Bertz CT molecular complexity index is 371. The monoisotopic (exact) mass is 205 g/mol. The van der Waals surface area contributed by atoms with Crippen molar-refractivity contribution in [2.75, 3.05) is 0 Å². The zero-order valence-corrected chi connectivity index (χ0v) is 9.53. The number of aromatic nitrogens is 1. The topological polar surface area (TPSA) is 12.9 Å². The molecule has 0 amide bonds. The highest BCUT2D eigenvalue weighted by molar-refractivity contribution is 7.10. The van der Waals surface area contributed by atoms with E-state index in [0.717, 1.165) is 12.8 Å². The molecule has 0 saturated carbocycles. The Morgan fingerprint density at radius 3 is 2.86 bits per heavy atom. The van der Waals surface area contributed by atoms with E-state index in [1.165, 1.54) is 16.2 Å². The summed E-state index contributed by atoms with van der Waals surface area (Å²) in [5, 5.41) is 3.21. The zero-order valence-electron chi connectivity index (χ0n) is 8.71. The van der Waals surface area contributed by atoms with Crippen molar-refractivity contribution < 1.29 is 0 Å². The fourth-order valence-corrected chi connectivity index (χ4v) is 2.91. The van der Waals surface area contributed by atoms with Crippen LogP contribution >= 0.6 is 11.3 Å². The average Bonchev–Trinajstić information content (AvgIpc) is 2.54. The summed E-state index contributed by atoms with van der Waals surface area (Å²) in [6.45, 7) is 8.60. The first-order valence-electron chi connectivity index (χ1n) is 4.87. The minimum absolute atomic E-state index is 0.202. The van der Waals surface area contributed by atoms with Crippen molar-refractivity contribution in [2.24, 2.45) is 5.41 Å². The summed E-state index contributed by atoms with van der Waals surface area (Å²) < 4.78 is 0. The lowest BCUT2D eigenvalue weighted by Crippen LogP contribution is -2.18. The molecule has 2 heteroatoms. The molecule has 14 heavy (non-hydrogen) atoms. The van der Waals surface area contributed by atoms with Gasteiger partial charge in [0.25, 0.3) is 0 Å². The molecule has 0 saturated heterocycles. The molecule has 1 heterocycles. The quantitative estimate of drug-likeness (QED) is 0.634. The summed E-state index contributed by atoms with van der Waals surface area (Å²) >= 11 is 1.72. The Labute approximate surface area is 89.2 Å². The number of thiazole rings is 1. The van der Waals surface area contributed by atoms with Crippen molar-refractivity contribution in [1.82, 2.24) is 4.98 Å². The van der Waals surface area contributed by atoms with Crippen LogP contribution in [0.5, 0.6) is 0 Å². The van der Waals surface area contributed by atoms with Crippen LogP contribution in [-0.2, 0) is 0 Å². The number of hydrogen-bond acceptors (Lipinski definition) is 2. The summed E-state index contributed by atoms with van der Waals surface area (Å²) in [7, 11) is 0. The normalized spacial score (nSPS) is 20.7. The molecule has 1 aliphatic rings. The van der Waals surface area contributed by atoms with Crippen molar-refractivity contribution >= 4 is 16.9 Å². The average molecular weight is 205 g/mol. The number of rotatable bonds is 1. The van der Waals surface area contributed by atoms with Crippen molar-refractivity contribution in [3.8, 4) is 0 Å². The number of allylic oxidation sites excluding steroid dienone is 3. The van der Waals surface area contributed by atoms with Crippen LogP contribution in [0.4, 0.5) is 0 Å². The molecule has 1 aromatic rings. The van der Waals surface area contributed by atoms with E-state index >= 15 is 0 Å². The minimum Gasteiger partial charge on any atom is -0.245 e. The largest absolute Gasteiger partial charge is 0.245 e. The zero-order chi connectivity index (χ0) is 10.2. The molecule has 2 rings (SSSR count). The highest BCUT2D eigenvalue weighted by Crippen LogP contribution is 2.44. The molecule has 0 aliphatic heterocycles. The smallest absolute Gasteiger partial charge is 0.119 e. The summed E-state index contributed by atoms with van der Waals surface area (Å²) in [5.41, 5.74) is 2.92. The highest BCUT2D eigenvalue weighted by atomic mass is 32.1. The second kappa shape index (κ2) is 3.35. The number of hydrogen-bond donors (Lipinski definition) is 0. The lowest BCUT2D eigenvalue weighted by molar-refractivity contribution is 0.480. The van der Waals surface area contributed by atoms with Gasteiger partial charge in [-0.25, -0.2) is 4.98 Å². The van der Waals surface area contributed by atoms with Crippen LogP contribution in [0.25, 0.3) is 5.57 Å². The van der Waals surface area contributed by atoms with E-state index in [1.54, 1.807) is 11.3 Å². The van der Waals surface area contributed by atoms with Crippen LogP contribution in [0, 0.1) is 5.41 Å². The molecule has 0 bridgehead atoms. The standard InChI is InChI=1S/C12H15NS/c1-9-4-5-10(12(2,3)8-9)11-13-6-7-14-11/h5-7H,1,4,8H2,2-3H3. The first-order chi connectivity index (χ1) is 6.59. The summed E-state index contributed by atoms with van der Waals surface area (Å²) in [6.07, 6.45) is 6.25. The van der Waals surface area contributed by atoms with Crippen LogP contribution in [-0.4, -0.2) is 4.98 Å². The second-order valence-electron chi connectivity index (χ2n) is 4.47. The molecule has 0 aromatic carbocycles. The summed E-state index contributed by atoms with van der Waals surface area (Å²) in [6, 6.07) is 0. The Balaban J connectivity index is 2.39. The van der Waals surface area contributed by atoms with E-state index in [0.29, 0.717) is 0 Å². The van der Waals surface area contributed by atoms with Crippen LogP contribution < -0.4 is 0 Å². The van der Waals surface area contributed by atoms with E-state index in [1.807, 2.05) is 11.6 Å². The van der Waals surface area contributed by atoms with Gasteiger partial charge in [0.2, 0.25) is 0 Å². The molecule has 0 atom stereocenters. The first kappa shape index (κ1) is 9.66. The third-order valence-corrected chi connectivity index (χ3v) is 3.49. The van der Waals surface area contributed by atoms with Gasteiger partial charge in [-0.05, 0) is 23.8 Å². The lowest BCUT2D eigenvalue weighted by atomic mass is 9.74. The molecule has 0 unspecified atom stereocenters. The van der Waals surface area contributed by atoms with Crippen LogP contribution in [0.1, 0.15) is 31.7 Å². The van der Waals surface area contributed by atoms with Gasteiger partial charge in [-0.15, -0.1) is 11.3 Å². The van der Waals surface area contributed by atoms with Gasteiger partial charge in [0, 0.05) is 11.6 Å². The van der Waals surface area contributed by atoms with Crippen LogP contribution in [0.2, 0.25) is 0 Å². The van der Waals surface area contributed by atoms with Gasteiger partial charge in [-0.1, -0.05) is 32.1 Å². The third kappa shape index (κ3) is 1.67. The maximum Gasteiger partial charge on any atom is 0.119 e. The molecule has 0 radical (unpaired) electrons. The molecule has 0 fully saturated rings. The van der Waals surface area contributed by atoms with E-state index < -0.39 is 0 Å². The third-order valence-electron chi connectivity index (χ3n) is 2.68. The van der Waals surface area contributed by atoms with Crippen molar-refractivity contribution in [1.29, 1.82) is 0 Å².